The normalized spacial score (nSPS) is 14.9. The highest BCUT2D eigenvalue weighted by Gasteiger charge is 2.29. The van der Waals surface area contributed by atoms with Gasteiger partial charge in [0.2, 0.25) is 0 Å². The molecule has 1 fully saturated rings. The molecule has 0 bridgehead atoms. The van der Waals surface area contributed by atoms with Crippen molar-refractivity contribution < 1.29 is 14.3 Å². The van der Waals surface area contributed by atoms with Crippen LogP contribution < -0.4 is 14.8 Å². The molecule has 0 saturated carbocycles. The highest BCUT2D eigenvalue weighted by Crippen LogP contribution is 2.37. The van der Waals surface area contributed by atoms with Gasteiger partial charge in [0.25, 0.3) is 5.91 Å². The molecule has 0 aromatic heterocycles. The fraction of sp³-hybridized carbons (Fsp3) is 0.273. The largest absolute Gasteiger partial charge is 0.496 e. The summed E-state index contributed by atoms with van der Waals surface area (Å²) < 4.78 is 14.1. The summed E-state index contributed by atoms with van der Waals surface area (Å²) >= 11 is 15.8. The van der Waals surface area contributed by atoms with E-state index >= 15 is 0 Å². The van der Waals surface area contributed by atoms with Gasteiger partial charge in [-0.15, -0.1) is 0 Å². The van der Waals surface area contributed by atoms with Crippen LogP contribution in [0, 0.1) is 0 Å². The number of rotatable bonds is 8. The molecule has 5 nitrogen and oxygen atoms in total. The zero-order valence-corrected chi connectivity index (χ0v) is 22.6. The molecule has 2 aromatic carbocycles. The van der Waals surface area contributed by atoms with E-state index in [0.29, 0.717) is 35.5 Å². The molecular weight excluding hydrogens is 612 g/mol. The van der Waals surface area contributed by atoms with E-state index in [1.165, 1.54) is 0 Å². The van der Waals surface area contributed by atoms with Crippen molar-refractivity contribution in [3.05, 3.63) is 60.6 Å². The lowest BCUT2D eigenvalue weighted by molar-refractivity contribution is -0.122. The minimum atomic E-state index is -0.102. The molecule has 1 heterocycles. The van der Waals surface area contributed by atoms with Gasteiger partial charge in [-0.1, -0.05) is 35.3 Å². The van der Waals surface area contributed by atoms with Crippen molar-refractivity contribution in [3.63, 3.8) is 0 Å². The molecule has 2 aromatic rings. The summed E-state index contributed by atoms with van der Waals surface area (Å²) in [7, 11) is 1.62. The quantitative estimate of drug-likeness (QED) is 0.269. The molecule has 1 aliphatic heterocycles. The van der Waals surface area contributed by atoms with Gasteiger partial charge in [0.05, 0.1) is 16.1 Å². The predicted octanol–water partition coefficient (Wildman–Crippen LogP) is 6.42. The van der Waals surface area contributed by atoms with Gasteiger partial charge in [0.1, 0.15) is 23.8 Å². The average Bonchev–Trinajstić information content (AvgIpc) is 2.98. The highest BCUT2D eigenvalue weighted by molar-refractivity contribution is 9.11. The third-order valence-corrected chi connectivity index (χ3v) is 6.61. The van der Waals surface area contributed by atoms with Crippen molar-refractivity contribution in [1.82, 2.24) is 10.2 Å². The Labute approximate surface area is 212 Å². The second-order valence-corrected chi connectivity index (χ2v) is 9.87. The number of hydrogen-bond acceptors (Lipinski definition) is 4. The Hall–Kier alpha value is -1.42. The first-order valence-electron chi connectivity index (χ1n) is 9.62. The van der Waals surface area contributed by atoms with Gasteiger partial charge in [-0.05, 0) is 86.4 Å². The topological polar surface area (TPSA) is 50.8 Å². The van der Waals surface area contributed by atoms with Crippen LogP contribution in [0.15, 0.2) is 49.4 Å². The maximum Gasteiger partial charge on any atom is 0.276 e. The molecule has 1 saturated heterocycles. The average molecular weight is 633 g/mol. The van der Waals surface area contributed by atoms with Crippen LogP contribution in [-0.2, 0) is 11.4 Å². The Kier molecular flexibility index (Phi) is 8.55. The molecule has 1 amide bonds. The lowest BCUT2D eigenvalue weighted by atomic mass is 10.1. The molecule has 1 N–H and O–H groups in total. The van der Waals surface area contributed by atoms with Crippen molar-refractivity contribution in [2.24, 2.45) is 0 Å². The van der Waals surface area contributed by atoms with Crippen molar-refractivity contribution in [3.8, 4) is 11.5 Å². The Bertz CT molecular complexity index is 1020. The fourth-order valence-corrected chi connectivity index (χ4v) is 5.85. The fourth-order valence-electron chi connectivity index (χ4n) is 3.08. The summed E-state index contributed by atoms with van der Waals surface area (Å²) in [5, 5.41) is 3.48. The number of carbonyl (C=O) groups excluding carboxylic acids is 1. The van der Waals surface area contributed by atoms with Gasteiger partial charge in [0.15, 0.2) is 5.11 Å². The summed E-state index contributed by atoms with van der Waals surface area (Å²) in [5.41, 5.74) is 2.18. The second-order valence-electron chi connectivity index (χ2n) is 6.86. The first-order chi connectivity index (χ1) is 14.8. The number of amides is 1. The third-order valence-electron chi connectivity index (χ3n) is 4.65. The molecule has 0 aliphatic carbocycles. The number of nitrogens with zero attached hydrogens (tertiary/aromatic N) is 1. The van der Waals surface area contributed by atoms with Gasteiger partial charge in [-0.2, -0.15) is 0 Å². The van der Waals surface area contributed by atoms with Crippen molar-refractivity contribution >= 4 is 77.1 Å². The number of thiocarbonyl (C=S) groups is 1. The Morgan fingerprint density at radius 1 is 1.16 bits per heavy atom. The minimum absolute atomic E-state index is 0.102. The molecule has 31 heavy (non-hydrogen) atoms. The lowest BCUT2D eigenvalue weighted by Crippen LogP contribution is -2.31. The van der Waals surface area contributed by atoms with E-state index in [0.717, 1.165) is 37.4 Å². The van der Waals surface area contributed by atoms with Crippen molar-refractivity contribution in [2.75, 3.05) is 13.7 Å². The number of nitrogens with one attached hydrogen (secondary N) is 1. The molecule has 3 rings (SSSR count). The summed E-state index contributed by atoms with van der Waals surface area (Å²) in [5.74, 6) is 1.30. The molecular formula is C22H21Br3N2O3S. The molecule has 164 valence electrons. The summed E-state index contributed by atoms with van der Waals surface area (Å²) in [6.45, 7) is 3.00. The van der Waals surface area contributed by atoms with E-state index in [1.807, 2.05) is 30.3 Å². The number of halogens is 3. The first kappa shape index (κ1) is 24.2. The van der Waals surface area contributed by atoms with Crippen molar-refractivity contribution in [2.45, 2.75) is 26.4 Å². The number of carbonyl (C=O) groups is 1. The summed E-state index contributed by atoms with van der Waals surface area (Å²) in [6, 6.07) is 9.54. The highest BCUT2D eigenvalue weighted by atomic mass is 79.9. The predicted molar refractivity (Wildman–Crippen MR) is 137 cm³/mol. The van der Waals surface area contributed by atoms with Crippen LogP contribution in [0.5, 0.6) is 11.5 Å². The van der Waals surface area contributed by atoms with Gasteiger partial charge in [-0.3, -0.25) is 9.69 Å². The SMILES string of the molecule is CCCCN1C(=O)/C(=C\c2ccc(OC)c(COc3c(Br)cc(Br)cc3Br)c2)NC1=S. The van der Waals surface area contributed by atoms with Crippen LogP contribution >= 0.6 is 60.0 Å². The zero-order chi connectivity index (χ0) is 22.5. The number of ether oxygens (including phenoxy) is 2. The molecule has 0 radical (unpaired) electrons. The van der Waals surface area contributed by atoms with E-state index in [9.17, 15) is 4.79 Å². The summed E-state index contributed by atoms with van der Waals surface area (Å²) in [6.07, 6.45) is 3.71. The standard InChI is InChI=1S/C22H21Br3N2O3S/c1-3-4-7-27-21(28)18(26-22(27)31)9-13-5-6-19(29-2)14(8-13)12-30-20-16(24)10-15(23)11-17(20)25/h5-6,8-11H,3-4,7,12H2,1-2H3,(H,26,31)/b18-9+. The maximum atomic E-state index is 12.7. The number of unbranched alkanes of at least 4 members (excludes halogenated alkanes) is 1. The van der Waals surface area contributed by atoms with Crippen LogP contribution in [0.3, 0.4) is 0 Å². The Morgan fingerprint density at radius 3 is 2.52 bits per heavy atom. The third kappa shape index (κ3) is 5.88. The molecule has 1 aliphatic rings. The number of hydrogen-bond donors (Lipinski definition) is 1. The van der Waals surface area contributed by atoms with Crippen LogP contribution in [0.2, 0.25) is 0 Å². The van der Waals surface area contributed by atoms with Gasteiger partial charge >= 0.3 is 0 Å². The van der Waals surface area contributed by atoms with Crippen LogP contribution in [-0.4, -0.2) is 29.6 Å². The second kappa shape index (κ2) is 10.9. The van der Waals surface area contributed by atoms with E-state index in [1.54, 1.807) is 18.1 Å². The van der Waals surface area contributed by atoms with Crippen LogP contribution in [0.25, 0.3) is 6.08 Å². The van der Waals surface area contributed by atoms with Gasteiger partial charge in [0, 0.05) is 16.6 Å². The van der Waals surface area contributed by atoms with E-state index in [-0.39, 0.29) is 5.91 Å². The van der Waals surface area contributed by atoms with Gasteiger partial charge < -0.3 is 14.8 Å². The van der Waals surface area contributed by atoms with Crippen LogP contribution in [0.4, 0.5) is 0 Å². The first-order valence-corrected chi connectivity index (χ1v) is 12.4. The molecule has 9 heteroatoms. The lowest BCUT2D eigenvalue weighted by Gasteiger charge is -2.14. The Morgan fingerprint density at radius 2 is 1.87 bits per heavy atom. The molecule has 0 atom stereocenters. The van der Waals surface area contributed by atoms with Crippen molar-refractivity contribution in [1.29, 1.82) is 0 Å². The Balaban J connectivity index is 1.82. The molecule has 0 unspecified atom stereocenters. The van der Waals surface area contributed by atoms with E-state index in [4.69, 9.17) is 21.7 Å². The number of methoxy groups -OCH3 is 1. The monoisotopic (exact) mass is 630 g/mol. The van der Waals surface area contributed by atoms with E-state index < -0.39 is 0 Å². The minimum Gasteiger partial charge on any atom is -0.496 e. The summed E-state index contributed by atoms with van der Waals surface area (Å²) in [4.78, 5) is 14.3. The maximum absolute atomic E-state index is 12.7. The molecule has 0 spiro atoms. The zero-order valence-electron chi connectivity index (χ0n) is 17.0. The van der Waals surface area contributed by atoms with E-state index in [2.05, 4.69) is 60.0 Å². The van der Waals surface area contributed by atoms with Gasteiger partial charge in [-0.25, -0.2) is 0 Å². The smallest absolute Gasteiger partial charge is 0.276 e. The van der Waals surface area contributed by atoms with Crippen LogP contribution in [0.1, 0.15) is 30.9 Å². The number of benzene rings is 2.